The molecule has 1 aliphatic rings. The van der Waals surface area contributed by atoms with Crippen molar-refractivity contribution < 1.29 is 37.8 Å². The average Bonchev–Trinajstić information content (AvgIpc) is 2.18. The first-order valence-electron chi connectivity index (χ1n) is 4.23. The monoisotopic (exact) mass is 259 g/mol. The van der Waals surface area contributed by atoms with Gasteiger partial charge in [-0.25, -0.2) is 5.14 Å². The first-order valence-corrected chi connectivity index (χ1v) is 5.70. The smallest absolute Gasteiger partial charge is 0.333 e. The van der Waals surface area contributed by atoms with Gasteiger partial charge in [-0.15, -0.1) is 0 Å². The summed E-state index contributed by atoms with van der Waals surface area (Å²) in [5, 5.41) is 41.8. The van der Waals surface area contributed by atoms with Crippen LogP contribution in [0.1, 0.15) is 0 Å². The quantitative estimate of drug-likeness (QED) is 0.343. The highest BCUT2D eigenvalue weighted by Crippen LogP contribution is 2.24. The lowest BCUT2D eigenvalue weighted by Gasteiger charge is -2.40. The van der Waals surface area contributed by atoms with Gasteiger partial charge in [0, 0.05) is 0 Å². The van der Waals surface area contributed by atoms with Crippen molar-refractivity contribution in [2.24, 2.45) is 5.14 Å². The minimum absolute atomic E-state index is 0.483. The zero-order valence-electron chi connectivity index (χ0n) is 8.05. The van der Waals surface area contributed by atoms with E-state index in [1.807, 2.05) is 0 Å². The van der Waals surface area contributed by atoms with Crippen LogP contribution in [0.3, 0.4) is 0 Å². The number of rotatable bonds is 3. The fraction of sp³-hybridized carbons (Fsp3) is 1.00. The molecule has 0 saturated carbocycles. The fourth-order valence-corrected chi connectivity index (χ4v) is 1.52. The Kier molecular flexibility index (Phi) is 3.87. The molecule has 1 rings (SSSR count). The third kappa shape index (κ3) is 3.09. The van der Waals surface area contributed by atoms with Crippen LogP contribution in [0, 0.1) is 0 Å². The van der Waals surface area contributed by atoms with Crippen LogP contribution in [-0.4, -0.2) is 66.2 Å². The van der Waals surface area contributed by atoms with Gasteiger partial charge in [-0.3, -0.25) is 4.18 Å². The van der Waals surface area contributed by atoms with E-state index in [-0.39, 0.29) is 0 Å². The summed E-state index contributed by atoms with van der Waals surface area (Å²) in [5.41, 5.74) is 0. The van der Waals surface area contributed by atoms with Gasteiger partial charge in [0.15, 0.2) is 0 Å². The molecule has 96 valence electrons. The second-order valence-electron chi connectivity index (χ2n) is 3.41. The van der Waals surface area contributed by atoms with Crippen molar-refractivity contribution in [2.75, 3.05) is 13.2 Å². The lowest BCUT2D eigenvalue weighted by Crippen LogP contribution is -2.63. The van der Waals surface area contributed by atoms with Gasteiger partial charge in [-0.1, -0.05) is 0 Å². The van der Waals surface area contributed by atoms with Gasteiger partial charge in [0.25, 0.3) is 0 Å². The molecule has 0 aromatic rings. The van der Waals surface area contributed by atoms with Crippen LogP contribution in [0.25, 0.3) is 0 Å². The number of ether oxygens (including phenoxy) is 1. The lowest BCUT2D eigenvalue weighted by atomic mass is 9.98. The van der Waals surface area contributed by atoms with Crippen molar-refractivity contribution >= 4 is 10.3 Å². The van der Waals surface area contributed by atoms with Crippen molar-refractivity contribution in [3.8, 4) is 0 Å². The van der Waals surface area contributed by atoms with E-state index in [2.05, 4.69) is 14.1 Å². The second kappa shape index (κ2) is 4.50. The molecule has 4 atom stereocenters. The standard InChI is InChI=1S/C6H13NO8S/c7-16(12,13)15-2-6(11)5(10)4(9)3(8)1-14-6/h3-5,8-11H,1-2H2,(H2,7,12,13)/t3-,4-,5?,6?/m1/s1. The van der Waals surface area contributed by atoms with E-state index >= 15 is 0 Å². The molecule has 0 aromatic heterocycles. The molecule has 9 nitrogen and oxygen atoms in total. The average molecular weight is 259 g/mol. The number of hydrogen-bond donors (Lipinski definition) is 5. The normalized spacial score (nSPS) is 40.9. The van der Waals surface area contributed by atoms with Gasteiger partial charge in [-0.2, -0.15) is 8.42 Å². The van der Waals surface area contributed by atoms with Crippen LogP contribution in [0.2, 0.25) is 0 Å². The minimum Gasteiger partial charge on any atom is -0.388 e. The summed E-state index contributed by atoms with van der Waals surface area (Å²) >= 11 is 0. The van der Waals surface area contributed by atoms with Crippen molar-refractivity contribution in [3.05, 3.63) is 0 Å². The Morgan fingerprint density at radius 2 is 2.00 bits per heavy atom. The molecular weight excluding hydrogens is 246 g/mol. The van der Waals surface area contributed by atoms with E-state index in [0.29, 0.717) is 0 Å². The van der Waals surface area contributed by atoms with Crippen molar-refractivity contribution in [3.63, 3.8) is 0 Å². The largest absolute Gasteiger partial charge is 0.388 e. The van der Waals surface area contributed by atoms with E-state index in [0.717, 1.165) is 0 Å². The topological polar surface area (TPSA) is 160 Å². The third-order valence-corrected chi connectivity index (χ3v) is 2.56. The molecule has 1 saturated heterocycles. The summed E-state index contributed by atoms with van der Waals surface area (Å²) in [7, 11) is -4.31. The van der Waals surface area contributed by atoms with E-state index < -0.39 is 47.6 Å². The number of aliphatic hydroxyl groups is 4. The van der Waals surface area contributed by atoms with Gasteiger partial charge in [0.1, 0.15) is 24.9 Å². The maximum absolute atomic E-state index is 10.5. The molecule has 6 N–H and O–H groups in total. The van der Waals surface area contributed by atoms with Crippen LogP contribution in [0.15, 0.2) is 0 Å². The summed E-state index contributed by atoms with van der Waals surface area (Å²) in [6.45, 7) is -1.47. The van der Waals surface area contributed by atoms with Gasteiger partial charge in [0.2, 0.25) is 5.79 Å². The van der Waals surface area contributed by atoms with Gasteiger partial charge < -0.3 is 25.2 Å². The van der Waals surface area contributed by atoms with Crippen LogP contribution in [-0.2, 0) is 19.2 Å². The molecular formula is C6H13NO8S. The maximum atomic E-state index is 10.5. The zero-order valence-corrected chi connectivity index (χ0v) is 8.87. The Morgan fingerprint density at radius 3 is 2.50 bits per heavy atom. The Bertz CT molecular complexity index is 344. The van der Waals surface area contributed by atoms with Crippen LogP contribution in [0.4, 0.5) is 0 Å². The Labute approximate surface area is 91.3 Å². The molecule has 0 radical (unpaired) electrons. The van der Waals surface area contributed by atoms with Crippen molar-refractivity contribution in [1.82, 2.24) is 0 Å². The van der Waals surface area contributed by atoms with Gasteiger partial charge in [-0.05, 0) is 0 Å². The molecule has 1 aliphatic heterocycles. The van der Waals surface area contributed by atoms with Crippen molar-refractivity contribution in [1.29, 1.82) is 0 Å². The SMILES string of the molecule is NS(=O)(=O)OCC1(O)OC[C@@H](O)[C@@H](O)C1O. The summed E-state index contributed by atoms with van der Waals surface area (Å²) < 4.78 is 29.6. The Hall–Kier alpha value is -0.330. The molecule has 1 fully saturated rings. The van der Waals surface area contributed by atoms with Gasteiger partial charge in [0.05, 0.1) is 6.61 Å². The molecule has 1 heterocycles. The summed E-state index contributed by atoms with van der Waals surface area (Å²) in [6, 6.07) is 0. The molecule has 16 heavy (non-hydrogen) atoms. The molecule has 10 heteroatoms. The molecule has 0 aliphatic carbocycles. The van der Waals surface area contributed by atoms with Crippen molar-refractivity contribution in [2.45, 2.75) is 24.1 Å². The molecule has 0 amide bonds. The fourth-order valence-electron chi connectivity index (χ4n) is 1.18. The predicted molar refractivity (Wildman–Crippen MR) is 48.0 cm³/mol. The number of nitrogens with two attached hydrogens (primary N) is 1. The van der Waals surface area contributed by atoms with Crippen LogP contribution in [0.5, 0.6) is 0 Å². The van der Waals surface area contributed by atoms with E-state index in [4.69, 9.17) is 5.11 Å². The van der Waals surface area contributed by atoms with E-state index in [1.54, 1.807) is 0 Å². The second-order valence-corrected chi connectivity index (χ2v) is 4.63. The molecule has 0 bridgehead atoms. The molecule has 0 aromatic carbocycles. The molecule has 0 spiro atoms. The summed E-state index contributed by atoms with van der Waals surface area (Å²) in [4.78, 5) is 0. The zero-order chi connectivity index (χ0) is 12.6. The minimum atomic E-state index is -4.31. The maximum Gasteiger partial charge on any atom is 0.333 e. The van der Waals surface area contributed by atoms with Crippen LogP contribution >= 0.6 is 0 Å². The number of hydrogen-bond acceptors (Lipinski definition) is 8. The summed E-state index contributed by atoms with van der Waals surface area (Å²) in [6.07, 6.45) is -4.98. The molecule has 2 unspecified atom stereocenters. The first-order chi connectivity index (χ1) is 7.16. The third-order valence-electron chi connectivity index (χ3n) is 2.11. The highest BCUT2D eigenvalue weighted by molar-refractivity contribution is 7.84. The predicted octanol–water partition coefficient (Wildman–Crippen LogP) is -3.99. The highest BCUT2D eigenvalue weighted by atomic mass is 32.2. The lowest BCUT2D eigenvalue weighted by molar-refractivity contribution is -0.328. The van der Waals surface area contributed by atoms with Crippen LogP contribution < -0.4 is 5.14 Å². The Balaban J connectivity index is 2.70. The highest BCUT2D eigenvalue weighted by Gasteiger charge is 2.49. The Morgan fingerprint density at radius 1 is 1.44 bits per heavy atom. The summed E-state index contributed by atoms with van der Waals surface area (Å²) in [5.74, 6) is -2.44. The van der Waals surface area contributed by atoms with Gasteiger partial charge >= 0.3 is 10.3 Å². The van der Waals surface area contributed by atoms with E-state index in [9.17, 15) is 23.7 Å². The first kappa shape index (κ1) is 13.7. The number of aliphatic hydroxyl groups excluding tert-OH is 3. The van der Waals surface area contributed by atoms with E-state index in [1.165, 1.54) is 0 Å².